The van der Waals surface area contributed by atoms with Crippen LogP contribution in [0.15, 0.2) is 29.2 Å². The largest absolute Gasteiger partial charge is 0.267 e. The average molecular weight is 299 g/mol. The van der Waals surface area contributed by atoms with E-state index >= 15 is 0 Å². The fraction of sp³-hybridized carbons (Fsp3) is 0.167. The van der Waals surface area contributed by atoms with Crippen LogP contribution in [-0.4, -0.2) is 18.4 Å². The van der Waals surface area contributed by atoms with Crippen LogP contribution in [0, 0.1) is 25.5 Å². The van der Waals surface area contributed by atoms with E-state index in [0.717, 1.165) is 12.1 Å². The molecule has 0 aliphatic heterocycles. The van der Waals surface area contributed by atoms with Crippen molar-refractivity contribution in [2.75, 3.05) is 4.72 Å². The minimum absolute atomic E-state index is 0.161. The molecule has 2 rings (SSSR count). The van der Waals surface area contributed by atoms with Gasteiger partial charge in [-0.2, -0.15) is 0 Å². The molecule has 0 saturated heterocycles. The van der Waals surface area contributed by atoms with Crippen LogP contribution < -0.4 is 4.72 Å². The summed E-state index contributed by atoms with van der Waals surface area (Å²) >= 11 is 0. The Morgan fingerprint density at radius 3 is 2.20 bits per heavy atom. The molecule has 5 nitrogen and oxygen atoms in total. The van der Waals surface area contributed by atoms with Crippen LogP contribution >= 0.6 is 0 Å². The van der Waals surface area contributed by atoms with Crippen molar-refractivity contribution in [2.24, 2.45) is 0 Å². The maximum Gasteiger partial charge on any atom is 0.267 e. The minimum atomic E-state index is -4.21. The highest BCUT2D eigenvalue weighted by atomic mass is 32.2. The van der Waals surface area contributed by atoms with Crippen molar-refractivity contribution in [3.8, 4) is 0 Å². The number of aromatic nitrogens is 2. The molecule has 0 aliphatic rings. The molecule has 0 aliphatic carbocycles. The molecule has 0 unspecified atom stereocenters. The molecule has 1 aromatic heterocycles. The molecule has 0 atom stereocenters. The zero-order valence-corrected chi connectivity index (χ0v) is 11.5. The number of aryl methyl sites for hydroxylation is 2. The van der Waals surface area contributed by atoms with Gasteiger partial charge < -0.3 is 0 Å². The van der Waals surface area contributed by atoms with Gasteiger partial charge in [0.25, 0.3) is 10.0 Å². The summed E-state index contributed by atoms with van der Waals surface area (Å²) in [4.78, 5) is 7.12. The summed E-state index contributed by atoms with van der Waals surface area (Å²) < 4.78 is 52.4. The first-order valence-electron chi connectivity index (χ1n) is 5.58. The van der Waals surface area contributed by atoms with Gasteiger partial charge >= 0.3 is 0 Å². The second-order valence-electron chi connectivity index (χ2n) is 4.15. The highest BCUT2D eigenvalue weighted by molar-refractivity contribution is 7.92. The summed E-state index contributed by atoms with van der Waals surface area (Å²) in [5, 5.41) is 0. The third-order valence-corrected chi connectivity index (χ3v) is 3.75. The lowest BCUT2D eigenvalue weighted by atomic mass is 10.3. The lowest BCUT2D eigenvalue weighted by molar-refractivity contribution is 0.551. The molecule has 106 valence electrons. The number of benzene rings is 1. The van der Waals surface area contributed by atoms with Gasteiger partial charge in [0.05, 0.1) is 0 Å². The number of rotatable bonds is 3. The minimum Gasteiger partial charge on any atom is -0.247 e. The Hall–Kier alpha value is -2.09. The van der Waals surface area contributed by atoms with Gasteiger partial charge in [-0.15, -0.1) is 0 Å². The number of nitrogens with one attached hydrogen (secondary N) is 1. The average Bonchev–Trinajstić information content (AvgIpc) is 2.25. The Labute approximate surface area is 114 Å². The molecule has 1 N–H and O–H groups in total. The molecule has 0 saturated carbocycles. The standard InChI is InChI=1S/C12H11F2N3O2S/c1-7-5-8(2)16-12(15-7)17-20(18,19)11-4-3-9(13)6-10(11)14/h3-6H,1-2H3,(H,15,16,17). The van der Waals surface area contributed by atoms with Crippen LogP contribution in [0.2, 0.25) is 0 Å². The Morgan fingerprint density at radius 2 is 1.65 bits per heavy atom. The normalized spacial score (nSPS) is 11.4. The van der Waals surface area contributed by atoms with Crippen molar-refractivity contribution in [1.82, 2.24) is 9.97 Å². The summed E-state index contributed by atoms with van der Waals surface area (Å²) in [6, 6.07) is 3.86. The Bertz CT molecular complexity index is 743. The van der Waals surface area contributed by atoms with Gasteiger partial charge in [-0.1, -0.05) is 0 Å². The highest BCUT2D eigenvalue weighted by Crippen LogP contribution is 2.18. The van der Waals surface area contributed by atoms with Crippen LogP contribution in [0.1, 0.15) is 11.4 Å². The topological polar surface area (TPSA) is 72.0 Å². The summed E-state index contributed by atoms with van der Waals surface area (Å²) in [7, 11) is -4.21. The first kappa shape index (κ1) is 14.3. The summed E-state index contributed by atoms with van der Waals surface area (Å²) in [5.74, 6) is -2.20. The first-order chi connectivity index (χ1) is 9.28. The van der Waals surface area contributed by atoms with Crippen molar-refractivity contribution in [3.05, 3.63) is 47.3 Å². The summed E-state index contributed by atoms with van der Waals surface area (Å²) in [6.45, 7) is 3.34. The van der Waals surface area contributed by atoms with Gasteiger partial charge in [0.1, 0.15) is 16.5 Å². The van der Waals surface area contributed by atoms with Crippen molar-refractivity contribution >= 4 is 16.0 Å². The molecule has 0 fully saturated rings. The molecule has 20 heavy (non-hydrogen) atoms. The fourth-order valence-electron chi connectivity index (χ4n) is 1.64. The van der Waals surface area contributed by atoms with Gasteiger partial charge in [0, 0.05) is 17.5 Å². The van der Waals surface area contributed by atoms with E-state index in [4.69, 9.17) is 0 Å². The van der Waals surface area contributed by atoms with Crippen molar-refractivity contribution in [1.29, 1.82) is 0 Å². The second kappa shape index (κ2) is 5.12. The van der Waals surface area contributed by atoms with Crippen LogP contribution in [-0.2, 0) is 10.0 Å². The third-order valence-electron chi connectivity index (χ3n) is 2.39. The van der Waals surface area contributed by atoms with Crippen molar-refractivity contribution in [2.45, 2.75) is 18.7 Å². The Morgan fingerprint density at radius 1 is 1.05 bits per heavy atom. The summed E-state index contributed by atoms with van der Waals surface area (Å²) in [5.41, 5.74) is 1.13. The number of anilines is 1. The zero-order valence-electron chi connectivity index (χ0n) is 10.7. The van der Waals surface area contributed by atoms with Crippen LogP contribution in [0.5, 0.6) is 0 Å². The molecule has 8 heteroatoms. The van der Waals surface area contributed by atoms with Crippen LogP contribution in [0.25, 0.3) is 0 Å². The molecule has 1 heterocycles. The maximum atomic E-state index is 13.5. The quantitative estimate of drug-likeness (QED) is 0.943. The van der Waals surface area contributed by atoms with Crippen molar-refractivity contribution < 1.29 is 17.2 Å². The second-order valence-corrected chi connectivity index (χ2v) is 5.81. The smallest absolute Gasteiger partial charge is 0.247 e. The van der Waals surface area contributed by atoms with E-state index in [1.54, 1.807) is 19.9 Å². The van der Waals surface area contributed by atoms with Crippen molar-refractivity contribution in [3.63, 3.8) is 0 Å². The van der Waals surface area contributed by atoms with Gasteiger partial charge in [-0.3, -0.25) is 0 Å². The van der Waals surface area contributed by atoms with Gasteiger partial charge in [0.15, 0.2) is 0 Å². The monoisotopic (exact) mass is 299 g/mol. The van der Waals surface area contributed by atoms with Gasteiger partial charge in [0.2, 0.25) is 5.95 Å². The lowest BCUT2D eigenvalue weighted by Gasteiger charge is -2.08. The van der Waals surface area contributed by atoms with Crippen LogP contribution in [0.4, 0.5) is 14.7 Å². The molecule has 0 bridgehead atoms. The van der Waals surface area contributed by atoms with E-state index in [1.165, 1.54) is 0 Å². The van der Waals surface area contributed by atoms with E-state index < -0.39 is 26.6 Å². The lowest BCUT2D eigenvalue weighted by Crippen LogP contribution is -2.17. The maximum absolute atomic E-state index is 13.5. The fourth-order valence-corrected chi connectivity index (χ4v) is 2.64. The van der Waals surface area contributed by atoms with E-state index in [9.17, 15) is 17.2 Å². The first-order valence-corrected chi connectivity index (χ1v) is 7.06. The molecule has 2 aromatic rings. The van der Waals surface area contributed by atoms with E-state index in [-0.39, 0.29) is 5.95 Å². The molecular formula is C12H11F2N3O2S. The van der Waals surface area contributed by atoms with Crippen LogP contribution in [0.3, 0.4) is 0 Å². The SMILES string of the molecule is Cc1cc(C)nc(NS(=O)(=O)c2ccc(F)cc2F)n1. The third kappa shape index (κ3) is 3.08. The number of halogens is 2. The van der Waals surface area contributed by atoms with Gasteiger partial charge in [-0.05, 0) is 32.0 Å². The summed E-state index contributed by atoms with van der Waals surface area (Å²) in [6.07, 6.45) is 0. The zero-order chi connectivity index (χ0) is 14.9. The predicted octanol–water partition coefficient (Wildman–Crippen LogP) is 2.17. The molecule has 1 aromatic carbocycles. The van der Waals surface area contributed by atoms with E-state index in [1.807, 2.05) is 0 Å². The van der Waals surface area contributed by atoms with E-state index in [0.29, 0.717) is 17.5 Å². The number of hydrogen-bond acceptors (Lipinski definition) is 4. The predicted molar refractivity (Wildman–Crippen MR) is 68.7 cm³/mol. The van der Waals surface area contributed by atoms with E-state index in [2.05, 4.69) is 14.7 Å². The Kier molecular flexibility index (Phi) is 3.67. The highest BCUT2D eigenvalue weighted by Gasteiger charge is 2.21. The number of hydrogen-bond donors (Lipinski definition) is 1. The van der Waals surface area contributed by atoms with Gasteiger partial charge in [-0.25, -0.2) is 31.9 Å². The molecule has 0 amide bonds. The molecule has 0 radical (unpaired) electrons. The Balaban J connectivity index is 2.40. The molecule has 0 spiro atoms. The number of sulfonamides is 1. The number of nitrogens with zero attached hydrogens (tertiary/aromatic N) is 2. The molecular weight excluding hydrogens is 288 g/mol.